The van der Waals surface area contributed by atoms with Crippen LogP contribution in [0, 0.1) is 11.7 Å². The minimum Gasteiger partial charge on any atom is -0.309 e. The average molecular weight is 429 g/mol. The Morgan fingerprint density at radius 1 is 1.40 bits per heavy atom. The number of carbonyl (C=O) groups excluding carboxylic acids is 1. The molecule has 152 valence electrons. The summed E-state index contributed by atoms with van der Waals surface area (Å²) in [7, 11) is 0. The Balaban J connectivity index is 1.60. The van der Waals surface area contributed by atoms with E-state index >= 15 is 4.39 Å². The van der Waals surface area contributed by atoms with Crippen molar-refractivity contribution in [1.82, 2.24) is 24.6 Å². The quantitative estimate of drug-likeness (QED) is 0.504. The summed E-state index contributed by atoms with van der Waals surface area (Å²) in [5, 5.41) is 9.93. The van der Waals surface area contributed by atoms with Crippen LogP contribution in [0.5, 0.6) is 0 Å². The summed E-state index contributed by atoms with van der Waals surface area (Å²) in [6, 6.07) is 0. The lowest BCUT2D eigenvalue weighted by molar-refractivity contribution is -0.117. The number of aromatic nitrogens is 5. The first-order valence-corrected chi connectivity index (χ1v) is 9.53. The van der Waals surface area contributed by atoms with Crippen molar-refractivity contribution in [3.8, 4) is 11.3 Å². The number of hydrogen-bond donors (Lipinski definition) is 2. The number of nitrogens with one attached hydrogen (secondary N) is 2. The molecule has 2 atom stereocenters. The number of halogens is 3. The van der Waals surface area contributed by atoms with Crippen molar-refractivity contribution < 1.29 is 13.6 Å². The predicted molar refractivity (Wildman–Crippen MR) is 109 cm³/mol. The van der Waals surface area contributed by atoms with Crippen LogP contribution >= 0.6 is 11.6 Å². The molecule has 1 amide bonds. The number of alkyl halides is 1. The molecule has 0 bridgehead atoms. The van der Waals surface area contributed by atoms with E-state index in [-0.39, 0.29) is 22.8 Å². The number of H-pyrrole nitrogens is 1. The van der Waals surface area contributed by atoms with E-state index in [1.54, 1.807) is 29.9 Å². The average Bonchev–Trinajstić information content (AvgIpc) is 3.08. The van der Waals surface area contributed by atoms with Gasteiger partial charge in [-0.15, -0.1) is 0 Å². The zero-order valence-corrected chi connectivity index (χ0v) is 16.5. The topological polar surface area (TPSA) is 88.0 Å². The first-order chi connectivity index (χ1) is 14.3. The van der Waals surface area contributed by atoms with Crippen LogP contribution < -0.4 is 5.32 Å². The van der Waals surface area contributed by atoms with Crippen molar-refractivity contribution in [3.05, 3.63) is 47.8 Å². The molecule has 5 rings (SSSR count). The lowest BCUT2D eigenvalue weighted by Gasteiger charge is -2.12. The van der Waals surface area contributed by atoms with Crippen molar-refractivity contribution in [2.75, 3.05) is 5.32 Å². The van der Waals surface area contributed by atoms with Crippen molar-refractivity contribution >= 4 is 45.4 Å². The molecule has 1 aromatic carbocycles. The summed E-state index contributed by atoms with van der Waals surface area (Å²) in [5.41, 5.74) is 2.50. The Bertz CT molecular complexity index is 1360. The molecule has 1 saturated carbocycles. The number of anilines is 1. The molecule has 3 heterocycles. The van der Waals surface area contributed by atoms with Crippen molar-refractivity contribution in [1.29, 1.82) is 0 Å². The number of allylic oxidation sites excluding steroid dienone is 1. The van der Waals surface area contributed by atoms with Crippen LogP contribution in [0.25, 0.3) is 33.4 Å². The first kappa shape index (κ1) is 18.7. The van der Waals surface area contributed by atoms with E-state index in [0.29, 0.717) is 33.4 Å². The van der Waals surface area contributed by atoms with Gasteiger partial charge in [0.05, 0.1) is 40.7 Å². The zero-order valence-electron chi connectivity index (χ0n) is 15.7. The van der Waals surface area contributed by atoms with Crippen molar-refractivity contribution in [3.63, 3.8) is 0 Å². The molecule has 30 heavy (non-hydrogen) atoms. The highest BCUT2D eigenvalue weighted by atomic mass is 35.5. The highest BCUT2D eigenvalue weighted by Gasteiger charge is 2.43. The molecule has 3 aromatic heterocycles. The van der Waals surface area contributed by atoms with Crippen LogP contribution in [-0.2, 0) is 4.79 Å². The van der Waals surface area contributed by atoms with Crippen LogP contribution in [0.15, 0.2) is 31.4 Å². The molecule has 0 aliphatic heterocycles. The third-order valence-corrected chi connectivity index (χ3v) is 5.47. The van der Waals surface area contributed by atoms with Gasteiger partial charge >= 0.3 is 0 Å². The number of benzene rings is 1. The molecular formula is C20H15ClF2N6O. The fourth-order valence-electron chi connectivity index (χ4n) is 3.51. The van der Waals surface area contributed by atoms with E-state index in [4.69, 9.17) is 11.6 Å². The Labute approximate surface area is 173 Å². The molecule has 7 nitrogen and oxygen atoms in total. The molecule has 10 heteroatoms. The standard InChI is InChI=1S/C20H15ClF2N6O/c1-8(2)15-18(23)17(21)16(10-4-25-28-19(10)15)12-6-29-7-13(26-14(29)5-24-12)27-20(30)9-3-11(9)22/h4-7,9,11H,1,3H2,2H3,(H,25,28)(H,27,30). The SMILES string of the molecule is C=C(C)c1c(F)c(Cl)c(-c2cn3cc(NC(=O)C4CC4F)nc3cn2)c2cn[nH]c12. The van der Waals surface area contributed by atoms with Gasteiger partial charge in [0.2, 0.25) is 5.91 Å². The highest BCUT2D eigenvalue weighted by Crippen LogP contribution is 2.40. The maximum atomic E-state index is 15.0. The van der Waals surface area contributed by atoms with Crippen LogP contribution in [0.4, 0.5) is 14.6 Å². The Morgan fingerprint density at radius 2 is 2.17 bits per heavy atom. The summed E-state index contributed by atoms with van der Waals surface area (Å²) in [6.07, 6.45) is 5.37. The third-order valence-electron chi connectivity index (χ3n) is 5.12. The maximum Gasteiger partial charge on any atom is 0.231 e. The highest BCUT2D eigenvalue weighted by molar-refractivity contribution is 6.35. The molecule has 1 fully saturated rings. The van der Waals surface area contributed by atoms with E-state index in [9.17, 15) is 9.18 Å². The minimum absolute atomic E-state index is 0.0925. The van der Waals surface area contributed by atoms with Gasteiger partial charge in [0.25, 0.3) is 0 Å². The van der Waals surface area contributed by atoms with Crippen molar-refractivity contribution in [2.45, 2.75) is 19.5 Å². The third kappa shape index (κ3) is 2.85. The lowest BCUT2D eigenvalue weighted by Crippen LogP contribution is -2.15. The van der Waals surface area contributed by atoms with Crippen LogP contribution in [0.1, 0.15) is 18.9 Å². The molecule has 2 unspecified atom stereocenters. The van der Waals surface area contributed by atoms with E-state index in [1.165, 1.54) is 6.20 Å². The summed E-state index contributed by atoms with van der Waals surface area (Å²) in [4.78, 5) is 20.6. The van der Waals surface area contributed by atoms with Crippen molar-refractivity contribution in [2.24, 2.45) is 5.92 Å². The van der Waals surface area contributed by atoms with Gasteiger partial charge in [-0.05, 0) is 18.9 Å². The van der Waals surface area contributed by atoms with E-state index < -0.39 is 23.8 Å². The fourth-order valence-corrected chi connectivity index (χ4v) is 3.80. The number of rotatable bonds is 4. The van der Waals surface area contributed by atoms with Gasteiger partial charge in [0, 0.05) is 22.7 Å². The number of imidazole rings is 1. The molecule has 4 aromatic rings. The Morgan fingerprint density at radius 3 is 2.87 bits per heavy atom. The Kier molecular flexibility index (Phi) is 4.11. The van der Waals surface area contributed by atoms with Gasteiger partial charge in [0.15, 0.2) is 17.3 Å². The predicted octanol–water partition coefficient (Wildman–Crippen LogP) is 4.39. The second-order valence-corrected chi connectivity index (χ2v) is 7.71. The molecular weight excluding hydrogens is 414 g/mol. The number of fused-ring (bicyclic) bond motifs is 2. The first-order valence-electron chi connectivity index (χ1n) is 9.15. The lowest BCUT2D eigenvalue weighted by atomic mass is 9.99. The van der Waals surface area contributed by atoms with Gasteiger partial charge in [-0.25, -0.2) is 13.8 Å². The molecule has 0 saturated heterocycles. The van der Waals surface area contributed by atoms with E-state index in [1.807, 2.05) is 0 Å². The smallest absolute Gasteiger partial charge is 0.231 e. The van der Waals surface area contributed by atoms with Gasteiger partial charge in [0.1, 0.15) is 6.17 Å². The molecule has 0 radical (unpaired) electrons. The summed E-state index contributed by atoms with van der Waals surface area (Å²) in [5.74, 6) is -1.35. The van der Waals surface area contributed by atoms with Gasteiger partial charge in [-0.3, -0.25) is 14.9 Å². The maximum absolute atomic E-state index is 15.0. The Hall–Kier alpha value is -3.33. The largest absolute Gasteiger partial charge is 0.309 e. The number of hydrogen-bond acceptors (Lipinski definition) is 4. The van der Waals surface area contributed by atoms with Crippen LogP contribution in [0.2, 0.25) is 5.02 Å². The van der Waals surface area contributed by atoms with Gasteiger partial charge in [-0.2, -0.15) is 5.10 Å². The summed E-state index contributed by atoms with van der Waals surface area (Å²) in [6.45, 7) is 5.50. The second-order valence-electron chi connectivity index (χ2n) is 7.33. The number of carbonyl (C=O) groups is 1. The molecule has 0 spiro atoms. The van der Waals surface area contributed by atoms with Gasteiger partial charge < -0.3 is 9.72 Å². The summed E-state index contributed by atoms with van der Waals surface area (Å²) >= 11 is 6.38. The summed E-state index contributed by atoms with van der Waals surface area (Å²) < 4.78 is 29.7. The fraction of sp³-hybridized carbons (Fsp3) is 0.200. The van der Waals surface area contributed by atoms with Crippen LogP contribution in [0.3, 0.4) is 0 Å². The normalized spacial score (nSPS) is 18.1. The zero-order chi connectivity index (χ0) is 21.2. The number of aromatic amines is 1. The van der Waals surface area contributed by atoms with E-state index in [2.05, 4.69) is 32.1 Å². The molecule has 2 N–H and O–H groups in total. The molecule has 1 aliphatic rings. The monoisotopic (exact) mass is 428 g/mol. The molecule has 1 aliphatic carbocycles. The number of amides is 1. The number of nitrogens with zero attached hydrogens (tertiary/aromatic N) is 4. The minimum atomic E-state index is -1.09. The van der Waals surface area contributed by atoms with Crippen LogP contribution in [-0.4, -0.2) is 36.6 Å². The second kappa shape index (κ2) is 6.60. The van der Waals surface area contributed by atoms with E-state index in [0.717, 1.165) is 0 Å². The van der Waals surface area contributed by atoms with Gasteiger partial charge in [-0.1, -0.05) is 18.2 Å².